The molecular weight excluding hydrogens is 1250 g/mol. The van der Waals surface area contributed by atoms with Crippen LogP contribution >= 0.6 is 15.6 Å². The van der Waals surface area contributed by atoms with Gasteiger partial charge < -0.3 is 33.8 Å². The van der Waals surface area contributed by atoms with Gasteiger partial charge in [0.1, 0.15) is 19.3 Å². The first-order valence-corrected chi connectivity index (χ1v) is 42.5. The second-order valence-corrected chi connectivity index (χ2v) is 31.0. The van der Waals surface area contributed by atoms with Gasteiger partial charge in [0, 0.05) is 25.7 Å². The molecule has 6 atom stereocenters. The van der Waals surface area contributed by atoms with Crippen molar-refractivity contribution in [1.82, 2.24) is 0 Å². The molecule has 0 saturated heterocycles. The van der Waals surface area contributed by atoms with Gasteiger partial charge in [0.05, 0.1) is 26.4 Å². The molecule has 0 aliphatic carbocycles. The Labute approximate surface area is 581 Å². The Morgan fingerprint density at radius 2 is 0.537 bits per heavy atom. The molecular formula is C76H148O17P2. The van der Waals surface area contributed by atoms with E-state index in [0.29, 0.717) is 25.7 Å². The summed E-state index contributed by atoms with van der Waals surface area (Å²) in [5.41, 5.74) is 0. The molecule has 17 nitrogen and oxygen atoms in total. The Morgan fingerprint density at radius 3 is 0.800 bits per heavy atom. The molecule has 0 aliphatic rings. The van der Waals surface area contributed by atoms with Gasteiger partial charge in [-0.05, 0) is 37.5 Å². The smallest absolute Gasteiger partial charge is 0.462 e. The van der Waals surface area contributed by atoms with Crippen molar-refractivity contribution in [3.63, 3.8) is 0 Å². The van der Waals surface area contributed by atoms with Gasteiger partial charge in [-0.1, -0.05) is 343 Å². The number of carbonyl (C=O) groups excluding carboxylic acids is 4. The first-order valence-electron chi connectivity index (χ1n) is 39.5. The van der Waals surface area contributed by atoms with Crippen molar-refractivity contribution in [2.75, 3.05) is 39.6 Å². The largest absolute Gasteiger partial charge is 0.472 e. The van der Waals surface area contributed by atoms with Gasteiger partial charge in [0.25, 0.3) is 0 Å². The fraction of sp³-hybridized carbons (Fsp3) is 0.947. The van der Waals surface area contributed by atoms with Crippen LogP contribution in [-0.2, 0) is 65.4 Å². The third-order valence-electron chi connectivity index (χ3n) is 18.1. The maximum Gasteiger partial charge on any atom is 0.472 e. The van der Waals surface area contributed by atoms with Gasteiger partial charge in [0.2, 0.25) is 0 Å². The van der Waals surface area contributed by atoms with Gasteiger partial charge in [-0.2, -0.15) is 0 Å². The number of esters is 4. The number of hydrogen-bond acceptors (Lipinski definition) is 15. The molecule has 0 rings (SSSR count). The Morgan fingerprint density at radius 1 is 0.305 bits per heavy atom. The van der Waals surface area contributed by atoms with Crippen molar-refractivity contribution < 1.29 is 80.2 Å². The highest BCUT2D eigenvalue weighted by atomic mass is 31.2. The molecule has 0 radical (unpaired) electrons. The standard InChI is InChI=1S/C76H148O17P2/c1-7-10-12-14-16-17-18-19-20-21-22-23-27-30-33-36-40-47-53-59-74(79)87-65-71(92-75(80)60-54-48-41-37-34-31-28-25-24-26-29-32-35-39-44-50-56-68(4)5)66-90-94(82,83)88-62-70(77)63-89-95(84,85)91-67-72(64-86-73(78)58-52-46-38-15-13-11-8-2)93-76(81)61-55-49-43-42-45-51-57-69(6)9-3/h68-72,77H,7-67H2,1-6H3,(H,82,83)(H,84,85)/t69?,70-,71-,72-/m1/s1. The highest BCUT2D eigenvalue weighted by Gasteiger charge is 2.30. The molecule has 0 amide bonds. The van der Waals surface area contributed by atoms with E-state index in [1.54, 1.807) is 0 Å². The predicted octanol–water partition coefficient (Wildman–Crippen LogP) is 22.3. The van der Waals surface area contributed by atoms with E-state index >= 15 is 0 Å². The van der Waals surface area contributed by atoms with Crippen LogP contribution in [0.1, 0.15) is 395 Å². The maximum atomic E-state index is 13.1. The number of carbonyl (C=O) groups is 4. The number of hydrogen-bond donors (Lipinski definition) is 3. The van der Waals surface area contributed by atoms with Crippen molar-refractivity contribution >= 4 is 39.5 Å². The molecule has 0 aromatic rings. The maximum absolute atomic E-state index is 13.1. The lowest BCUT2D eigenvalue weighted by atomic mass is 10.00. The molecule has 0 bridgehead atoms. The van der Waals surface area contributed by atoms with E-state index < -0.39 is 97.5 Å². The fourth-order valence-electron chi connectivity index (χ4n) is 11.6. The van der Waals surface area contributed by atoms with Gasteiger partial charge in [-0.25, -0.2) is 9.13 Å². The van der Waals surface area contributed by atoms with Crippen molar-refractivity contribution in [3.05, 3.63) is 0 Å². The Balaban J connectivity index is 5.16. The lowest BCUT2D eigenvalue weighted by molar-refractivity contribution is -0.161. The number of rotatable bonds is 75. The first kappa shape index (κ1) is 93.1. The minimum Gasteiger partial charge on any atom is -0.462 e. The molecule has 95 heavy (non-hydrogen) atoms. The molecule has 0 saturated carbocycles. The first-order chi connectivity index (χ1) is 45.9. The van der Waals surface area contributed by atoms with Crippen LogP contribution in [0.15, 0.2) is 0 Å². The summed E-state index contributed by atoms with van der Waals surface area (Å²) in [6, 6.07) is 0. The third-order valence-corrected chi connectivity index (χ3v) is 20.0. The third kappa shape index (κ3) is 69.0. The van der Waals surface area contributed by atoms with E-state index in [1.807, 2.05) is 0 Å². The summed E-state index contributed by atoms with van der Waals surface area (Å²) in [5, 5.41) is 10.6. The highest BCUT2D eigenvalue weighted by molar-refractivity contribution is 7.47. The van der Waals surface area contributed by atoms with Gasteiger partial charge in [-0.15, -0.1) is 0 Å². The van der Waals surface area contributed by atoms with Crippen LogP contribution in [-0.4, -0.2) is 96.7 Å². The normalized spacial score (nSPS) is 14.3. The number of aliphatic hydroxyl groups excluding tert-OH is 1. The van der Waals surface area contributed by atoms with Crippen LogP contribution < -0.4 is 0 Å². The van der Waals surface area contributed by atoms with Crippen LogP contribution in [0.2, 0.25) is 0 Å². The number of aliphatic hydroxyl groups is 1. The molecule has 3 N–H and O–H groups in total. The zero-order valence-electron chi connectivity index (χ0n) is 62.0. The summed E-state index contributed by atoms with van der Waals surface area (Å²) in [6.07, 6.45) is 55.9. The second-order valence-electron chi connectivity index (χ2n) is 28.1. The number of ether oxygens (including phenoxy) is 4. The predicted molar refractivity (Wildman–Crippen MR) is 386 cm³/mol. The summed E-state index contributed by atoms with van der Waals surface area (Å²) in [6.45, 7) is 9.53. The summed E-state index contributed by atoms with van der Waals surface area (Å²) < 4.78 is 68.4. The molecule has 3 unspecified atom stereocenters. The molecule has 0 heterocycles. The molecule has 0 fully saturated rings. The fourth-order valence-corrected chi connectivity index (χ4v) is 13.2. The summed E-state index contributed by atoms with van der Waals surface area (Å²) >= 11 is 0. The number of phosphoric ester groups is 2. The van der Waals surface area contributed by atoms with E-state index in [9.17, 15) is 43.2 Å². The average Bonchev–Trinajstić information content (AvgIpc) is 2.34. The van der Waals surface area contributed by atoms with Crippen LogP contribution in [0.5, 0.6) is 0 Å². The van der Waals surface area contributed by atoms with Crippen molar-refractivity contribution in [3.8, 4) is 0 Å². The SMILES string of the molecule is CCCCCCCCCCCCCCCCCCCCCC(=O)OC[C@H](COP(=O)(O)OC[C@@H](O)COP(=O)(O)OC[C@@H](COC(=O)CCCCCCCCC)OC(=O)CCCCCCCCC(C)CC)OC(=O)CCCCCCCCCCCCCCCCCCC(C)C. The van der Waals surface area contributed by atoms with Crippen LogP contribution in [0.25, 0.3) is 0 Å². The zero-order chi connectivity index (χ0) is 70.0. The van der Waals surface area contributed by atoms with E-state index in [0.717, 1.165) is 115 Å². The minimum absolute atomic E-state index is 0.103. The topological polar surface area (TPSA) is 237 Å². The van der Waals surface area contributed by atoms with Crippen LogP contribution in [0, 0.1) is 11.8 Å². The molecule has 0 aliphatic heterocycles. The number of unbranched alkanes of at least 4 members (excludes halogenated alkanes) is 44. The molecule has 19 heteroatoms. The van der Waals surface area contributed by atoms with Gasteiger partial charge in [0.15, 0.2) is 12.2 Å². The summed E-state index contributed by atoms with van der Waals surface area (Å²) in [7, 11) is -9.90. The minimum atomic E-state index is -4.96. The summed E-state index contributed by atoms with van der Waals surface area (Å²) in [5.74, 6) is -0.594. The van der Waals surface area contributed by atoms with Gasteiger partial charge >= 0.3 is 39.5 Å². The number of phosphoric acid groups is 2. The van der Waals surface area contributed by atoms with Crippen molar-refractivity contribution in [2.24, 2.45) is 11.8 Å². The van der Waals surface area contributed by atoms with Crippen LogP contribution in [0.4, 0.5) is 0 Å². The van der Waals surface area contributed by atoms with E-state index in [1.165, 1.54) is 199 Å². The summed E-state index contributed by atoms with van der Waals surface area (Å²) in [4.78, 5) is 72.6. The second kappa shape index (κ2) is 67.9. The van der Waals surface area contributed by atoms with Gasteiger partial charge in [-0.3, -0.25) is 37.3 Å². The molecule has 0 aromatic heterocycles. The molecule has 0 aromatic carbocycles. The molecule has 564 valence electrons. The zero-order valence-corrected chi connectivity index (χ0v) is 63.8. The lowest BCUT2D eigenvalue weighted by Gasteiger charge is -2.21. The van der Waals surface area contributed by atoms with E-state index in [4.69, 9.17) is 37.0 Å². The van der Waals surface area contributed by atoms with Crippen molar-refractivity contribution in [2.45, 2.75) is 413 Å². The van der Waals surface area contributed by atoms with Crippen molar-refractivity contribution in [1.29, 1.82) is 0 Å². The monoisotopic (exact) mass is 1400 g/mol. The molecule has 0 spiro atoms. The highest BCUT2D eigenvalue weighted by Crippen LogP contribution is 2.45. The lowest BCUT2D eigenvalue weighted by Crippen LogP contribution is -2.30. The average molecular weight is 1400 g/mol. The van der Waals surface area contributed by atoms with Crippen LogP contribution in [0.3, 0.4) is 0 Å². The Bertz CT molecular complexity index is 1840. The van der Waals surface area contributed by atoms with E-state index in [-0.39, 0.29) is 25.7 Å². The Hall–Kier alpha value is -1.94. The Kier molecular flexibility index (Phi) is 66.5. The van der Waals surface area contributed by atoms with E-state index in [2.05, 4.69) is 41.5 Å². The quantitative estimate of drug-likeness (QED) is 0.0222.